The first-order valence-corrected chi connectivity index (χ1v) is 8.27. The molecule has 0 aliphatic rings. The molecule has 0 aliphatic heterocycles. The number of rotatable bonds is 6. The molecule has 0 fully saturated rings. The van der Waals surface area contributed by atoms with Crippen molar-refractivity contribution < 1.29 is 21.6 Å². The van der Waals surface area contributed by atoms with E-state index in [2.05, 4.69) is 11.2 Å². The van der Waals surface area contributed by atoms with Crippen molar-refractivity contribution in [2.75, 3.05) is 24.4 Å². The summed E-state index contributed by atoms with van der Waals surface area (Å²) < 4.78 is 59.1. The van der Waals surface area contributed by atoms with E-state index in [0.717, 1.165) is 6.26 Å². The number of nitrogens with two attached hydrogens (primary N) is 1. The fraction of sp³-hybridized carbons (Fsp3) is 0.667. The van der Waals surface area contributed by atoms with Gasteiger partial charge >= 0.3 is 6.08 Å². The molecule has 1 atom stereocenters. The summed E-state index contributed by atoms with van der Waals surface area (Å²) in [6.45, 7) is -0.439. The summed E-state index contributed by atoms with van der Waals surface area (Å²) in [6.07, 6.45) is -1.62. The minimum atomic E-state index is -3.38. The summed E-state index contributed by atoms with van der Waals surface area (Å²) >= 11 is 4.67. The van der Waals surface area contributed by atoms with Crippen LogP contribution in [0.3, 0.4) is 0 Å². The summed E-state index contributed by atoms with van der Waals surface area (Å²) in [5.74, 6) is -2.49. The van der Waals surface area contributed by atoms with Gasteiger partial charge < -0.3 is 5.73 Å². The van der Waals surface area contributed by atoms with Crippen molar-refractivity contribution in [3.8, 4) is 0 Å². The van der Waals surface area contributed by atoms with Crippen LogP contribution in [0.5, 0.6) is 0 Å². The van der Waals surface area contributed by atoms with Gasteiger partial charge in [0.25, 0.3) is 5.95 Å². The van der Waals surface area contributed by atoms with Crippen LogP contribution in [0.2, 0.25) is 0 Å². The largest absolute Gasteiger partial charge is 0.323 e. The normalized spacial score (nSPS) is 13.3. The third kappa shape index (κ3) is 5.77. The van der Waals surface area contributed by atoms with E-state index in [1.165, 1.54) is 0 Å². The Morgan fingerprint density at radius 2 is 1.94 bits per heavy atom. The van der Waals surface area contributed by atoms with Gasteiger partial charge in [-0.3, -0.25) is 4.31 Å². The van der Waals surface area contributed by atoms with E-state index >= 15 is 0 Å². The minimum Gasteiger partial charge on any atom is -0.320 e. The van der Waals surface area contributed by atoms with Gasteiger partial charge in [-0.15, -0.1) is 0 Å². The molecule has 4 nitrogen and oxygen atoms in total. The smallest absolute Gasteiger partial charge is 0.320 e. The van der Waals surface area contributed by atoms with E-state index in [1.807, 2.05) is 0 Å². The van der Waals surface area contributed by atoms with Crippen molar-refractivity contribution >= 4 is 30.7 Å². The van der Waals surface area contributed by atoms with Crippen LogP contribution in [-0.4, -0.2) is 37.2 Å². The van der Waals surface area contributed by atoms with Crippen LogP contribution >= 0.6 is 0 Å². The highest BCUT2D eigenvalue weighted by atomic mass is 32.8. The van der Waals surface area contributed by atoms with Crippen LogP contribution in [0.4, 0.5) is 13.2 Å². The molecule has 0 saturated heterocycles. The summed E-state index contributed by atoms with van der Waals surface area (Å²) in [4.78, 5) is 0. The molecule has 0 aliphatic carbocycles. The topological polar surface area (TPSA) is 63.4 Å². The molecule has 0 aromatic heterocycles. The summed E-state index contributed by atoms with van der Waals surface area (Å²) in [5, 5.41) is 0. The summed E-state index contributed by atoms with van der Waals surface area (Å²) in [6, 6.07) is 0. The SMILES string of the molecule is CS(=O)(=O)CCN(C(F)=C(F)F)S(=S)CN. The lowest BCUT2D eigenvalue weighted by atomic mass is 10.7. The van der Waals surface area contributed by atoms with E-state index in [-0.39, 0.29) is 5.88 Å². The van der Waals surface area contributed by atoms with Crippen LogP contribution in [0, 0.1) is 0 Å². The maximum atomic E-state index is 12.9. The van der Waals surface area contributed by atoms with Gasteiger partial charge in [0.05, 0.1) is 11.6 Å². The molecule has 0 aromatic carbocycles. The van der Waals surface area contributed by atoms with Crippen molar-refractivity contribution in [3.05, 3.63) is 12.0 Å². The van der Waals surface area contributed by atoms with Crippen molar-refractivity contribution in [2.24, 2.45) is 5.73 Å². The molecule has 0 amide bonds. The maximum Gasteiger partial charge on any atom is 0.323 e. The lowest BCUT2D eigenvalue weighted by molar-refractivity contribution is 0.320. The van der Waals surface area contributed by atoms with Crippen LogP contribution < -0.4 is 5.73 Å². The molecule has 0 heterocycles. The van der Waals surface area contributed by atoms with Gasteiger partial charge in [-0.05, 0) is 20.8 Å². The first kappa shape index (κ1) is 15.8. The van der Waals surface area contributed by atoms with E-state index < -0.39 is 43.8 Å². The molecule has 16 heavy (non-hydrogen) atoms. The number of halogens is 3. The second-order valence-electron chi connectivity index (χ2n) is 2.77. The predicted octanol–water partition coefficient (Wildman–Crippen LogP) is 0.280. The van der Waals surface area contributed by atoms with E-state index in [0.29, 0.717) is 4.31 Å². The number of nitrogens with zero attached hydrogens (tertiary/aromatic N) is 1. The number of hydrogen-bond donors (Lipinski definition) is 1. The zero-order valence-electron chi connectivity index (χ0n) is 8.32. The van der Waals surface area contributed by atoms with Crippen LogP contribution in [0.1, 0.15) is 0 Å². The molecular formula is C6H11F3N2O2S3. The van der Waals surface area contributed by atoms with E-state index in [1.54, 1.807) is 0 Å². The van der Waals surface area contributed by atoms with Crippen LogP contribution in [0.15, 0.2) is 12.0 Å². The zero-order chi connectivity index (χ0) is 12.9. The average molecular weight is 296 g/mol. The molecule has 0 rings (SSSR count). The van der Waals surface area contributed by atoms with E-state index in [9.17, 15) is 21.6 Å². The Hall–Kier alpha value is -0.190. The maximum absolute atomic E-state index is 12.9. The van der Waals surface area contributed by atoms with Gasteiger partial charge in [0.15, 0.2) is 0 Å². The van der Waals surface area contributed by atoms with Crippen molar-refractivity contribution in [1.29, 1.82) is 0 Å². The van der Waals surface area contributed by atoms with Gasteiger partial charge in [-0.1, -0.05) is 0 Å². The van der Waals surface area contributed by atoms with Gasteiger partial charge in [-0.2, -0.15) is 13.2 Å². The zero-order valence-corrected chi connectivity index (χ0v) is 10.8. The number of hydrogen-bond acceptors (Lipinski definition) is 4. The molecule has 0 saturated carbocycles. The Labute approximate surface area is 98.9 Å². The van der Waals surface area contributed by atoms with Crippen molar-refractivity contribution in [3.63, 3.8) is 0 Å². The van der Waals surface area contributed by atoms with Crippen molar-refractivity contribution in [2.45, 2.75) is 0 Å². The van der Waals surface area contributed by atoms with Gasteiger partial charge in [0.2, 0.25) is 0 Å². The Morgan fingerprint density at radius 3 is 2.25 bits per heavy atom. The Kier molecular flexibility index (Phi) is 6.44. The van der Waals surface area contributed by atoms with Gasteiger partial charge in [-0.25, -0.2) is 8.42 Å². The average Bonchev–Trinajstić information content (AvgIpc) is 2.15. The lowest BCUT2D eigenvalue weighted by Gasteiger charge is -2.21. The highest BCUT2D eigenvalue weighted by Gasteiger charge is 2.19. The molecule has 0 spiro atoms. The molecule has 0 bridgehead atoms. The van der Waals surface area contributed by atoms with Gasteiger partial charge in [0, 0.05) is 12.8 Å². The fourth-order valence-corrected chi connectivity index (χ4v) is 2.49. The molecular weight excluding hydrogens is 285 g/mol. The third-order valence-corrected chi connectivity index (χ3v) is 4.42. The third-order valence-electron chi connectivity index (χ3n) is 1.43. The lowest BCUT2D eigenvalue weighted by Crippen LogP contribution is -2.32. The Balaban J connectivity index is 4.85. The van der Waals surface area contributed by atoms with Crippen LogP contribution in [-0.2, 0) is 30.7 Å². The minimum absolute atomic E-state index is 0.209. The second-order valence-corrected chi connectivity index (χ2v) is 7.60. The molecule has 1 unspecified atom stereocenters. The summed E-state index contributed by atoms with van der Waals surface area (Å²) in [5.41, 5.74) is 5.13. The second kappa shape index (κ2) is 6.52. The monoisotopic (exact) mass is 296 g/mol. The Bertz CT molecular complexity index is 392. The highest BCUT2D eigenvalue weighted by Crippen LogP contribution is 2.16. The molecule has 10 heteroatoms. The first-order chi connectivity index (χ1) is 7.19. The number of sulfone groups is 1. The fourth-order valence-electron chi connectivity index (χ4n) is 0.722. The van der Waals surface area contributed by atoms with E-state index in [4.69, 9.17) is 5.73 Å². The molecule has 0 aromatic rings. The molecule has 2 N–H and O–H groups in total. The predicted molar refractivity (Wildman–Crippen MR) is 60.6 cm³/mol. The molecule has 0 radical (unpaired) electrons. The quantitative estimate of drug-likeness (QED) is 0.713. The van der Waals surface area contributed by atoms with Gasteiger partial charge in [0.1, 0.15) is 9.84 Å². The van der Waals surface area contributed by atoms with Crippen molar-refractivity contribution in [1.82, 2.24) is 4.31 Å². The first-order valence-electron chi connectivity index (χ1n) is 3.93. The highest BCUT2D eigenvalue weighted by molar-refractivity contribution is 8.27. The Morgan fingerprint density at radius 1 is 1.44 bits per heavy atom. The van der Waals surface area contributed by atoms with Crippen LogP contribution in [0.25, 0.3) is 0 Å². The summed E-state index contributed by atoms with van der Waals surface area (Å²) in [7, 11) is -4.76. The molecule has 96 valence electrons. The standard InChI is InChI=1S/C6H11F3N2O2S3/c1-16(12,13)3-2-11(15(14)4-10)6(9)5(7)8/h2-4,10H2,1H3.